The molecule has 0 heterocycles. The Labute approximate surface area is 85.8 Å². The van der Waals surface area contributed by atoms with Crippen LogP contribution in [-0.4, -0.2) is 24.0 Å². The molecule has 84 valence electrons. The van der Waals surface area contributed by atoms with Crippen LogP contribution < -0.4 is 5.32 Å². The van der Waals surface area contributed by atoms with E-state index in [1.807, 2.05) is 0 Å². The average Bonchev–Trinajstić information content (AvgIpc) is 2.00. The molecule has 2 nitrogen and oxygen atoms in total. The summed E-state index contributed by atoms with van der Waals surface area (Å²) >= 11 is 5.40. The van der Waals surface area contributed by atoms with Gasteiger partial charge in [0.25, 0.3) is 0 Å². The molecule has 0 radical (unpaired) electrons. The first-order chi connectivity index (χ1) is 6.35. The Hall–Kier alpha value is -0.450. The van der Waals surface area contributed by atoms with Gasteiger partial charge >= 0.3 is 6.18 Å². The summed E-state index contributed by atoms with van der Waals surface area (Å²) in [5.41, 5.74) is 0. The van der Waals surface area contributed by atoms with Crippen LogP contribution in [0.3, 0.4) is 0 Å². The number of halogens is 4. The molecule has 0 aliphatic carbocycles. The van der Waals surface area contributed by atoms with Crippen LogP contribution in [0.4, 0.5) is 13.2 Å². The van der Waals surface area contributed by atoms with Gasteiger partial charge in [0, 0.05) is 18.3 Å². The van der Waals surface area contributed by atoms with Crippen molar-refractivity contribution in [3.05, 3.63) is 0 Å². The minimum atomic E-state index is -4.27. The molecule has 0 saturated heterocycles. The molecular formula is C8H13ClF3NO. The molecule has 1 atom stereocenters. The number of carbonyl (C=O) groups is 1. The number of hydrogen-bond acceptors (Lipinski definition) is 1. The Morgan fingerprint density at radius 2 is 2.07 bits per heavy atom. The van der Waals surface area contributed by atoms with E-state index in [-0.39, 0.29) is 6.04 Å². The van der Waals surface area contributed by atoms with Gasteiger partial charge in [0.05, 0.1) is 6.42 Å². The maximum atomic E-state index is 11.7. The Kier molecular flexibility index (Phi) is 5.92. The summed E-state index contributed by atoms with van der Waals surface area (Å²) < 4.78 is 35.1. The van der Waals surface area contributed by atoms with Crippen molar-refractivity contribution >= 4 is 17.5 Å². The Morgan fingerprint density at radius 3 is 2.50 bits per heavy atom. The molecule has 0 rings (SSSR count). The summed E-state index contributed by atoms with van der Waals surface area (Å²) in [6.07, 6.45) is -5.31. The van der Waals surface area contributed by atoms with E-state index >= 15 is 0 Å². The van der Waals surface area contributed by atoms with Gasteiger partial charge in [0.2, 0.25) is 5.91 Å². The molecule has 0 aromatic heterocycles. The molecule has 1 amide bonds. The van der Waals surface area contributed by atoms with Crippen LogP contribution in [0.2, 0.25) is 0 Å². The van der Waals surface area contributed by atoms with Crippen LogP contribution in [0.1, 0.15) is 26.2 Å². The van der Waals surface area contributed by atoms with Crippen molar-refractivity contribution in [2.75, 3.05) is 5.88 Å². The predicted molar refractivity (Wildman–Crippen MR) is 48.2 cm³/mol. The van der Waals surface area contributed by atoms with E-state index in [2.05, 4.69) is 5.32 Å². The summed E-state index contributed by atoms with van der Waals surface area (Å²) in [6, 6.07) is -0.173. The van der Waals surface area contributed by atoms with E-state index in [9.17, 15) is 18.0 Å². The van der Waals surface area contributed by atoms with Gasteiger partial charge < -0.3 is 5.32 Å². The zero-order valence-corrected chi connectivity index (χ0v) is 8.58. The highest BCUT2D eigenvalue weighted by Gasteiger charge is 2.27. The SMILES string of the molecule is CC(CCCl)NC(=O)CCC(F)(F)F. The minimum Gasteiger partial charge on any atom is -0.354 e. The molecule has 0 aliphatic rings. The van der Waals surface area contributed by atoms with Gasteiger partial charge in [-0.25, -0.2) is 0 Å². The summed E-state index contributed by atoms with van der Waals surface area (Å²) in [5, 5.41) is 2.43. The highest BCUT2D eigenvalue weighted by molar-refractivity contribution is 6.17. The van der Waals surface area contributed by atoms with E-state index in [1.54, 1.807) is 6.92 Å². The third-order valence-corrected chi connectivity index (χ3v) is 1.80. The van der Waals surface area contributed by atoms with E-state index in [0.717, 1.165) is 0 Å². The molecule has 0 saturated carbocycles. The smallest absolute Gasteiger partial charge is 0.354 e. The van der Waals surface area contributed by atoms with Crippen LogP contribution in [0, 0.1) is 0 Å². The van der Waals surface area contributed by atoms with Crippen molar-refractivity contribution in [1.82, 2.24) is 5.32 Å². The lowest BCUT2D eigenvalue weighted by molar-refractivity contribution is -0.144. The predicted octanol–water partition coefficient (Wildman–Crippen LogP) is 2.46. The lowest BCUT2D eigenvalue weighted by Gasteiger charge is -2.12. The van der Waals surface area contributed by atoms with Gasteiger partial charge in [0.15, 0.2) is 0 Å². The number of amides is 1. The topological polar surface area (TPSA) is 29.1 Å². The Balaban J connectivity index is 3.65. The number of nitrogens with one attached hydrogen (secondary N) is 1. The second-order valence-electron chi connectivity index (χ2n) is 3.06. The monoisotopic (exact) mass is 231 g/mol. The maximum Gasteiger partial charge on any atom is 0.389 e. The fourth-order valence-corrected chi connectivity index (χ4v) is 1.17. The van der Waals surface area contributed by atoms with Crippen LogP contribution in [-0.2, 0) is 4.79 Å². The van der Waals surface area contributed by atoms with Gasteiger partial charge in [-0.2, -0.15) is 13.2 Å². The van der Waals surface area contributed by atoms with E-state index in [1.165, 1.54) is 0 Å². The van der Waals surface area contributed by atoms with E-state index in [4.69, 9.17) is 11.6 Å². The van der Waals surface area contributed by atoms with Crippen molar-refractivity contribution in [3.63, 3.8) is 0 Å². The van der Waals surface area contributed by atoms with Crippen molar-refractivity contribution in [2.24, 2.45) is 0 Å². The summed E-state index contributed by atoms with van der Waals surface area (Å²) in [4.78, 5) is 10.9. The highest BCUT2D eigenvalue weighted by Crippen LogP contribution is 2.21. The Bertz CT molecular complexity index is 184. The third-order valence-electron chi connectivity index (χ3n) is 1.59. The molecular weight excluding hydrogens is 219 g/mol. The first-order valence-electron chi connectivity index (χ1n) is 4.27. The molecule has 6 heteroatoms. The Morgan fingerprint density at radius 1 is 1.50 bits per heavy atom. The van der Waals surface area contributed by atoms with Gasteiger partial charge in [-0.15, -0.1) is 11.6 Å². The zero-order chi connectivity index (χ0) is 11.2. The number of rotatable bonds is 5. The zero-order valence-electron chi connectivity index (χ0n) is 7.83. The van der Waals surface area contributed by atoms with Crippen LogP contribution in [0.5, 0.6) is 0 Å². The number of alkyl halides is 4. The first kappa shape index (κ1) is 13.5. The lowest BCUT2D eigenvalue weighted by atomic mass is 10.2. The number of carbonyl (C=O) groups excluding carboxylic acids is 1. The largest absolute Gasteiger partial charge is 0.389 e. The highest BCUT2D eigenvalue weighted by atomic mass is 35.5. The molecule has 14 heavy (non-hydrogen) atoms. The molecule has 1 unspecified atom stereocenters. The van der Waals surface area contributed by atoms with Crippen molar-refractivity contribution in [1.29, 1.82) is 0 Å². The molecule has 0 aromatic rings. The summed E-state index contributed by atoms with van der Waals surface area (Å²) in [6.45, 7) is 1.70. The summed E-state index contributed by atoms with van der Waals surface area (Å²) in [5.74, 6) is -0.208. The van der Waals surface area contributed by atoms with Crippen LogP contribution in [0.15, 0.2) is 0 Å². The lowest BCUT2D eigenvalue weighted by Crippen LogP contribution is -2.33. The normalized spacial score (nSPS) is 13.8. The van der Waals surface area contributed by atoms with Crippen molar-refractivity contribution in [2.45, 2.75) is 38.4 Å². The third kappa shape index (κ3) is 8.16. The average molecular weight is 232 g/mol. The van der Waals surface area contributed by atoms with E-state index < -0.39 is 24.9 Å². The van der Waals surface area contributed by atoms with E-state index in [0.29, 0.717) is 12.3 Å². The molecule has 0 fully saturated rings. The second kappa shape index (κ2) is 6.11. The fraction of sp³-hybridized carbons (Fsp3) is 0.875. The standard InChI is InChI=1S/C8H13ClF3NO/c1-6(3-5-9)13-7(14)2-4-8(10,11)12/h6H,2-5H2,1H3,(H,13,14). The maximum absolute atomic E-state index is 11.7. The van der Waals surface area contributed by atoms with Gasteiger partial charge in [0.1, 0.15) is 0 Å². The van der Waals surface area contributed by atoms with Crippen LogP contribution >= 0.6 is 11.6 Å². The van der Waals surface area contributed by atoms with Crippen molar-refractivity contribution < 1.29 is 18.0 Å². The number of hydrogen-bond donors (Lipinski definition) is 1. The van der Waals surface area contributed by atoms with Gasteiger partial charge in [-0.05, 0) is 13.3 Å². The minimum absolute atomic E-state index is 0.173. The molecule has 0 spiro atoms. The molecule has 0 aromatic carbocycles. The van der Waals surface area contributed by atoms with Gasteiger partial charge in [-0.1, -0.05) is 0 Å². The van der Waals surface area contributed by atoms with Crippen LogP contribution in [0.25, 0.3) is 0 Å². The molecule has 1 N–H and O–H groups in total. The summed E-state index contributed by atoms with van der Waals surface area (Å²) in [7, 11) is 0. The second-order valence-corrected chi connectivity index (χ2v) is 3.44. The van der Waals surface area contributed by atoms with Gasteiger partial charge in [-0.3, -0.25) is 4.79 Å². The van der Waals surface area contributed by atoms with Crippen molar-refractivity contribution in [3.8, 4) is 0 Å². The quantitative estimate of drug-likeness (QED) is 0.724. The first-order valence-corrected chi connectivity index (χ1v) is 4.80. The molecule has 0 bridgehead atoms. The molecule has 0 aliphatic heterocycles. The fourth-order valence-electron chi connectivity index (χ4n) is 0.838.